The molecule has 4 heteroatoms. The molecule has 0 atom stereocenters. The number of hydrogen-bond donors (Lipinski definition) is 0. The van der Waals surface area contributed by atoms with E-state index >= 15 is 0 Å². The fourth-order valence-corrected chi connectivity index (χ4v) is 1.22. The first kappa shape index (κ1) is 8.77. The van der Waals surface area contributed by atoms with Crippen molar-refractivity contribution in [2.24, 2.45) is 5.92 Å². The lowest BCUT2D eigenvalue weighted by Crippen LogP contribution is -2.20. The Morgan fingerprint density at radius 3 is 2.36 bits per heavy atom. The van der Waals surface area contributed by atoms with Gasteiger partial charge in [0.25, 0.3) is 0 Å². The number of hydrogen-bond acceptors (Lipinski definition) is 3. The van der Waals surface area contributed by atoms with E-state index in [1.807, 2.05) is 0 Å². The molecule has 1 fully saturated rings. The molecule has 1 saturated carbocycles. The van der Waals surface area contributed by atoms with Gasteiger partial charge in [-0.2, -0.15) is 0 Å². The first-order valence-corrected chi connectivity index (χ1v) is 4.87. The van der Waals surface area contributed by atoms with E-state index in [1.54, 1.807) is 20.5 Å². The third-order valence-corrected chi connectivity index (χ3v) is 2.47. The highest BCUT2D eigenvalue weighted by atomic mass is 28.3. The number of rotatable bonds is 5. The lowest BCUT2D eigenvalue weighted by molar-refractivity contribution is 0.181. The Hall–Kier alpha value is -0.323. The van der Waals surface area contributed by atoms with E-state index in [0.717, 1.165) is 5.92 Å². The third-order valence-electron chi connectivity index (χ3n) is 1.47. The van der Waals surface area contributed by atoms with Crippen LogP contribution in [0.25, 0.3) is 0 Å². The summed E-state index contributed by atoms with van der Waals surface area (Å²) >= 11 is 0. The molecule has 1 rings (SSSR count). The first-order chi connectivity index (χ1) is 5.36. The zero-order valence-electron chi connectivity index (χ0n) is 6.87. The highest BCUT2D eigenvalue weighted by Crippen LogP contribution is 2.29. The summed E-state index contributed by atoms with van der Waals surface area (Å²) in [6.45, 7) is 0. The molecule has 0 aliphatic heterocycles. The van der Waals surface area contributed by atoms with Crippen molar-refractivity contribution >= 4 is 9.53 Å². The van der Waals surface area contributed by atoms with E-state index in [-0.39, 0.29) is 0 Å². The van der Waals surface area contributed by atoms with E-state index < -0.39 is 9.53 Å². The average Bonchev–Trinajstić information content (AvgIpc) is 2.82. The smallest absolute Gasteiger partial charge is 0.505 e. The van der Waals surface area contributed by atoms with Gasteiger partial charge in [0, 0.05) is 14.2 Å². The molecule has 63 valence electrons. The van der Waals surface area contributed by atoms with Crippen LogP contribution in [-0.4, -0.2) is 23.7 Å². The maximum absolute atomic E-state index is 5.17. The van der Waals surface area contributed by atoms with Gasteiger partial charge >= 0.3 is 9.53 Å². The second-order valence-electron chi connectivity index (χ2n) is 2.44. The fraction of sp³-hybridized carbons (Fsp3) is 0.714. The van der Waals surface area contributed by atoms with Gasteiger partial charge in [0.15, 0.2) is 0 Å². The number of allylic oxidation sites excluding steroid dienone is 1. The summed E-state index contributed by atoms with van der Waals surface area (Å²) in [5, 5.41) is 0. The van der Waals surface area contributed by atoms with E-state index in [1.165, 1.54) is 12.8 Å². The zero-order chi connectivity index (χ0) is 8.10. The summed E-state index contributed by atoms with van der Waals surface area (Å²) in [6.07, 6.45) is 6.34. The van der Waals surface area contributed by atoms with Gasteiger partial charge < -0.3 is 13.3 Å². The summed E-state index contributed by atoms with van der Waals surface area (Å²) in [7, 11) is 1.69. The zero-order valence-corrected chi connectivity index (χ0v) is 7.87. The summed E-state index contributed by atoms with van der Waals surface area (Å²) in [6, 6.07) is 0. The molecule has 0 bridgehead atoms. The van der Waals surface area contributed by atoms with Gasteiger partial charge in [-0.1, -0.05) is 0 Å². The molecule has 0 heterocycles. The maximum Gasteiger partial charge on any atom is 0.655 e. The van der Waals surface area contributed by atoms with Crippen LogP contribution in [0.3, 0.4) is 0 Å². The van der Waals surface area contributed by atoms with Crippen LogP contribution >= 0.6 is 0 Å². The SMILES string of the molecule is CO[Si](OC)OC=CC1CC1. The van der Waals surface area contributed by atoms with Gasteiger partial charge in [-0.15, -0.1) is 0 Å². The lowest BCUT2D eigenvalue weighted by Gasteiger charge is -2.05. The van der Waals surface area contributed by atoms with Crippen LogP contribution in [0.2, 0.25) is 0 Å². The molecule has 3 nitrogen and oxygen atoms in total. The van der Waals surface area contributed by atoms with E-state index in [9.17, 15) is 0 Å². The largest absolute Gasteiger partial charge is 0.655 e. The molecule has 1 aliphatic rings. The Morgan fingerprint density at radius 2 is 1.91 bits per heavy atom. The molecule has 0 unspecified atom stereocenters. The molecule has 0 spiro atoms. The lowest BCUT2D eigenvalue weighted by atomic mass is 10.4. The Morgan fingerprint density at radius 1 is 1.27 bits per heavy atom. The predicted octanol–water partition coefficient (Wildman–Crippen LogP) is 1.20. The Balaban J connectivity index is 2.07. The summed E-state index contributed by atoms with van der Waals surface area (Å²) in [5.41, 5.74) is 0. The van der Waals surface area contributed by atoms with E-state index in [4.69, 9.17) is 13.3 Å². The minimum Gasteiger partial charge on any atom is -0.505 e. The van der Waals surface area contributed by atoms with Crippen LogP contribution in [0, 0.1) is 5.92 Å². The topological polar surface area (TPSA) is 27.7 Å². The predicted molar refractivity (Wildman–Crippen MR) is 42.7 cm³/mol. The van der Waals surface area contributed by atoms with Crippen LogP contribution in [0.15, 0.2) is 12.3 Å². The third kappa shape index (κ3) is 3.55. The Kier molecular flexibility index (Phi) is 3.61. The molecular weight excluding hydrogens is 160 g/mol. The molecule has 0 aromatic carbocycles. The average molecular weight is 173 g/mol. The first-order valence-electron chi connectivity index (χ1n) is 3.65. The van der Waals surface area contributed by atoms with E-state index in [2.05, 4.69) is 6.08 Å². The van der Waals surface area contributed by atoms with Crippen molar-refractivity contribution in [2.75, 3.05) is 14.2 Å². The van der Waals surface area contributed by atoms with Crippen LogP contribution in [0.5, 0.6) is 0 Å². The van der Waals surface area contributed by atoms with Gasteiger partial charge in [-0.25, -0.2) is 0 Å². The van der Waals surface area contributed by atoms with Crippen LogP contribution in [0.4, 0.5) is 0 Å². The van der Waals surface area contributed by atoms with Crippen molar-refractivity contribution in [1.82, 2.24) is 0 Å². The van der Waals surface area contributed by atoms with Crippen LogP contribution in [-0.2, 0) is 13.3 Å². The van der Waals surface area contributed by atoms with Crippen molar-refractivity contribution in [3.05, 3.63) is 12.3 Å². The molecule has 1 aliphatic carbocycles. The van der Waals surface area contributed by atoms with Crippen molar-refractivity contribution < 1.29 is 13.3 Å². The molecule has 1 radical (unpaired) electrons. The van der Waals surface area contributed by atoms with Gasteiger partial charge in [-0.3, -0.25) is 0 Å². The second kappa shape index (κ2) is 4.53. The van der Waals surface area contributed by atoms with Crippen molar-refractivity contribution in [2.45, 2.75) is 12.8 Å². The molecule has 0 N–H and O–H groups in total. The normalized spacial score (nSPS) is 18.1. The summed E-state index contributed by atoms with van der Waals surface area (Å²) < 4.78 is 15.0. The highest BCUT2D eigenvalue weighted by Gasteiger charge is 2.19. The molecule has 0 aromatic rings. The second-order valence-corrected chi connectivity index (χ2v) is 3.99. The van der Waals surface area contributed by atoms with Gasteiger partial charge in [0.1, 0.15) is 0 Å². The van der Waals surface area contributed by atoms with Crippen LogP contribution in [0.1, 0.15) is 12.8 Å². The molecule has 0 amide bonds. The molecule has 0 saturated heterocycles. The minimum absolute atomic E-state index is 0.743. The fourth-order valence-electron chi connectivity index (χ4n) is 0.674. The minimum atomic E-state index is -1.48. The quantitative estimate of drug-likeness (QED) is 0.462. The Bertz CT molecular complexity index is 130. The van der Waals surface area contributed by atoms with Crippen molar-refractivity contribution in [3.63, 3.8) is 0 Å². The standard InChI is InChI=1S/C7H13O3Si/c1-8-11(9-2)10-6-5-7-3-4-7/h5-7H,3-4H2,1-2H3. The highest BCUT2D eigenvalue weighted by molar-refractivity contribution is 6.36. The summed E-state index contributed by atoms with van der Waals surface area (Å²) in [5.74, 6) is 0.743. The van der Waals surface area contributed by atoms with E-state index in [0.29, 0.717) is 0 Å². The van der Waals surface area contributed by atoms with Crippen molar-refractivity contribution in [1.29, 1.82) is 0 Å². The monoisotopic (exact) mass is 173 g/mol. The van der Waals surface area contributed by atoms with Gasteiger partial charge in [0.2, 0.25) is 0 Å². The van der Waals surface area contributed by atoms with Gasteiger partial charge in [-0.05, 0) is 24.8 Å². The maximum atomic E-state index is 5.17. The molecular formula is C7H13O3Si. The Labute approximate surface area is 68.9 Å². The van der Waals surface area contributed by atoms with Crippen molar-refractivity contribution in [3.8, 4) is 0 Å². The van der Waals surface area contributed by atoms with Gasteiger partial charge in [0.05, 0.1) is 6.26 Å². The molecule has 11 heavy (non-hydrogen) atoms. The summed E-state index contributed by atoms with van der Waals surface area (Å²) in [4.78, 5) is 0. The molecule has 0 aromatic heterocycles. The van der Waals surface area contributed by atoms with Crippen LogP contribution < -0.4 is 0 Å².